The summed E-state index contributed by atoms with van der Waals surface area (Å²) >= 11 is 1.78. The first-order chi connectivity index (χ1) is 14.5. The Labute approximate surface area is 182 Å². The highest BCUT2D eigenvalue weighted by molar-refractivity contribution is 7.98. The summed E-state index contributed by atoms with van der Waals surface area (Å²) in [6, 6.07) is 12.1. The van der Waals surface area contributed by atoms with Crippen LogP contribution in [0.4, 0.5) is 0 Å². The van der Waals surface area contributed by atoms with Gasteiger partial charge in [-0.05, 0) is 44.1 Å². The SMILES string of the molecule is COc1cc(C(CC=C(C)C)SCc2ccccc2)c(OC)c2c1C(=O)C=CC2=O. The molecule has 1 atom stereocenters. The summed E-state index contributed by atoms with van der Waals surface area (Å²) in [5, 5.41) is 0.0306. The summed E-state index contributed by atoms with van der Waals surface area (Å²) in [4.78, 5) is 25.2. The van der Waals surface area contributed by atoms with E-state index in [1.165, 1.54) is 30.4 Å². The van der Waals surface area contributed by atoms with Crippen LogP contribution in [0.15, 0.2) is 60.2 Å². The molecule has 4 nitrogen and oxygen atoms in total. The lowest BCUT2D eigenvalue weighted by molar-refractivity contribution is 0.0988. The number of allylic oxidation sites excluding steroid dienone is 4. The maximum atomic E-state index is 12.7. The molecule has 0 saturated carbocycles. The van der Waals surface area contributed by atoms with Crippen LogP contribution in [0.3, 0.4) is 0 Å². The molecule has 1 aliphatic carbocycles. The van der Waals surface area contributed by atoms with Gasteiger partial charge in [-0.1, -0.05) is 42.0 Å². The van der Waals surface area contributed by atoms with Gasteiger partial charge in [-0.15, -0.1) is 11.8 Å². The number of rotatable bonds is 8. The molecule has 0 aliphatic heterocycles. The van der Waals surface area contributed by atoms with E-state index in [1.807, 2.05) is 24.3 Å². The van der Waals surface area contributed by atoms with Crippen LogP contribution in [-0.4, -0.2) is 25.8 Å². The third-order valence-corrected chi connectivity index (χ3v) is 6.30. The maximum absolute atomic E-state index is 12.7. The first kappa shape index (κ1) is 21.9. The zero-order valence-electron chi connectivity index (χ0n) is 17.7. The molecule has 1 aliphatic rings. The van der Waals surface area contributed by atoms with Crippen LogP contribution < -0.4 is 9.47 Å². The van der Waals surface area contributed by atoms with Crippen molar-refractivity contribution in [3.05, 3.63) is 82.5 Å². The molecular formula is C25H26O4S. The van der Waals surface area contributed by atoms with Gasteiger partial charge in [-0.2, -0.15) is 0 Å². The third-order valence-electron chi connectivity index (χ3n) is 4.96. The lowest BCUT2D eigenvalue weighted by Crippen LogP contribution is -2.16. The average Bonchev–Trinajstić information content (AvgIpc) is 2.75. The predicted octanol–water partition coefficient (Wildman–Crippen LogP) is 5.97. The van der Waals surface area contributed by atoms with Gasteiger partial charge in [0, 0.05) is 16.6 Å². The third kappa shape index (κ3) is 4.68. The number of methoxy groups -OCH3 is 2. The molecular weight excluding hydrogens is 396 g/mol. The minimum atomic E-state index is -0.246. The van der Waals surface area contributed by atoms with Crippen molar-refractivity contribution in [3.8, 4) is 11.5 Å². The second kappa shape index (κ2) is 9.81. The lowest BCUT2D eigenvalue weighted by Gasteiger charge is -2.24. The van der Waals surface area contributed by atoms with Crippen molar-refractivity contribution in [2.24, 2.45) is 0 Å². The van der Waals surface area contributed by atoms with Crippen LogP contribution in [0.1, 0.15) is 57.4 Å². The van der Waals surface area contributed by atoms with E-state index in [0.717, 1.165) is 17.7 Å². The largest absolute Gasteiger partial charge is 0.496 e. The van der Waals surface area contributed by atoms with Gasteiger partial charge in [0.15, 0.2) is 11.6 Å². The molecule has 2 aromatic rings. The molecule has 156 valence electrons. The molecule has 0 aromatic heterocycles. The van der Waals surface area contributed by atoms with Crippen molar-refractivity contribution in [2.75, 3.05) is 14.2 Å². The predicted molar refractivity (Wildman–Crippen MR) is 122 cm³/mol. The Hall–Kier alpha value is -2.79. The molecule has 0 radical (unpaired) electrons. The van der Waals surface area contributed by atoms with Crippen molar-refractivity contribution in [1.82, 2.24) is 0 Å². The highest BCUT2D eigenvalue weighted by atomic mass is 32.2. The molecule has 2 aromatic carbocycles. The minimum absolute atomic E-state index is 0.0306. The lowest BCUT2D eigenvalue weighted by atomic mass is 9.89. The normalized spacial score (nSPS) is 13.6. The van der Waals surface area contributed by atoms with Crippen molar-refractivity contribution in [3.63, 3.8) is 0 Å². The topological polar surface area (TPSA) is 52.6 Å². The molecule has 1 unspecified atom stereocenters. The van der Waals surface area contributed by atoms with Gasteiger partial charge >= 0.3 is 0 Å². The van der Waals surface area contributed by atoms with Crippen molar-refractivity contribution in [1.29, 1.82) is 0 Å². The maximum Gasteiger partial charge on any atom is 0.190 e. The number of carbonyl (C=O) groups is 2. The fourth-order valence-electron chi connectivity index (χ4n) is 3.48. The minimum Gasteiger partial charge on any atom is -0.496 e. The quantitative estimate of drug-likeness (QED) is 0.491. The van der Waals surface area contributed by atoms with E-state index in [4.69, 9.17) is 9.47 Å². The van der Waals surface area contributed by atoms with Crippen LogP contribution in [0.2, 0.25) is 0 Å². The van der Waals surface area contributed by atoms with Crippen LogP contribution in [0.5, 0.6) is 11.5 Å². The number of ether oxygens (including phenoxy) is 2. The Balaban J connectivity index is 2.10. The monoisotopic (exact) mass is 422 g/mol. The van der Waals surface area contributed by atoms with E-state index < -0.39 is 0 Å². The van der Waals surface area contributed by atoms with Crippen LogP contribution in [0.25, 0.3) is 0 Å². The van der Waals surface area contributed by atoms with Gasteiger partial charge in [0.1, 0.15) is 11.5 Å². The molecule has 0 spiro atoms. The summed E-state index contributed by atoms with van der Waals surface area (Å²) in [7, 11) is 3.06. The van der Waals surface area contributed by atoms with Crippen LogP contribution >= 0.6 is 11.8 Å². The Bertz CT molecular complexity index is 1000. The molecule has 0 saturated heterocycles. The summed E-state index contributed by atoms with van der Waals surface area (Å²) in [6.45, 7) is 4.13. The molecule has 30 heavy (non-hydrogen) atoms. The molecule has 0 bridgehead atoms. The number of hydrogen-bond acceptors (Lipinski definition) is 5. The van der Waals surface area contributed by atoms with E-state index in [0.29, 0.717) is 17.1 Å². The molecule has 0 fully saturated rings. The van der Waals surface area contributed by atoms with E-state index in [-0.39, 0.29) is 22.4 Å². The highest BCUT2D eigenvalue weighted by Gasteiger charge is 2.31. The van der Waals surface area contributed by atoms with Crippen molar-refractivity contribution in [2.45, 2.75) is 31.3 Å². The smallest absolute Gasteiger partial charge is 0.190 e. The van der Waals surface area contributed by atoms with E-state index in [1.54, 1.807) is 18.9 Å². The van der Waals surface area contributed by atoms with Crippen LogP contribution in [-0.2, 0) is 5.75 Å². The summed E-state index contributed by atoms with van der Waals surface area (Å²) in [6.07, 6.45) is 5.55. The second-order valence-electron chi connectivity index (χ2n) is 7.32. The van der Waals surface area contributed by atoms with Crippen molar-refractivity contribution < 1.29 is 19.1 Å². The van der Waals surface area contributed by atoms with Gasteiger partial charge in [-0.25, -0.2) is 0 Å². The Morgan fingerprint density at radius 3 is 2.27 bits per heavy atom. The Kier molecular flexibility index (Phi) is 7.16. The molecule has 3 rings (SSSR count). The molecule has 0 N–H and O–H groups in total. The standard InChI is InChI=1S/C25H26O4S/c1-16(2)10-13-22(30-15-17-8-6-5-7-9-17)18-14-21(28-3)23-19(26)11-12-20(27)24(23)25(18)29-4/h5-12,14,22H,13,15H2,1-4H3. The summed E-state index contributed by atoms with van der Waals surface area (Å²) < 4.78 is 11.2. The van der Waals surface area contributed by atoms with Gasteiger partial charge in [-0.3, -0.25) is 9.59 Å². The first-order valence-electron chi connectivity index (χ1n) is 9.80. The zero-order valence-corrected chi connectivity index (χ0v) is 18.5. The van der Waals surface area contributed by atoms with E-state index >= 15 is 0 Å². The van der Waals surface area contributed by atoms with Gasteiger partial charge < -0.3 is 9.47 Å². The average molecular weight is 423 g/mol. The molecule has 0 heterocycles. The number of thioether (sulfide) groups is 1. The first-order valence-corrected chi connectivity index (χ1v) is 10.9. The van der Waals surface area contributed by atoms with Crippen molar-refractivity contribution >= 4 is 23.3 Å². The second-order valence-corrected chi connectivity index (χ2v) is 8.51. The molecule has 5 heteroatoms. The van der Waals surface area contributed by atoms with E-state index in [9.17, 15) is 9.59 Å². The zero-order chi connectivity index (χ0) is 21.7. The fraction of sp³-hybridized carbons (Fsp3) is 0.280. The number of benzene rings is 2. The Morgan fingerprint density at radius 1 is 1.00 bits per heavy atom. The number of hydrogen-bond donors (Lipinski definition) is 0. The van der Waals surface area contributed by atoms with E-state index in [2.05, 4.69) is 32.1 Å². The van der Waals surface area contributed by atoms with Gasteiger partial charge in [0.25, 0.3) is 0 Å². The fourth-order valence-corrected chi connectivity index (χ4v) is 4.65. The Morgan fingerprint density at radius 2 is 1.67 bits per heavy atom. The molecule has 0 amide bonds. The summed E-state index contributed by atoms with van der Waals surface area (Å²) in [5.41, 5.74) is 3.88. The van der Waals surface area contributed by atoms with Crippen LogP contribution in [0, 0.1) is 0 Å². The number of fused-ring (bicyclic) bond motifs is 1. The number of ketones is 2. The van der Waals surface area contributed by atoms with Gasteiger partial charge in [0.2, 0.25) is 0 Å². The summed E-state index contributed by atoms with van der Waals surface area (Å²) in [5.74, 6) is 1.20. The number of carbonyl (C=O) groups excluding carboxylic acids is 2. The highest BCUT2D eigenvalue weighted by Crippen LogP contribution is 2.46. The van der Waals surface area contributed by atoms with Gasteiger partial charge in [0.05, 0.1) is 25.3 Å².